The summed E-state index contributed by atoms with van der Waals surface area (Å²) >= 11 is 0. The van der Waals surface area contributed by atoms with Crippen molar-refractivity contribution in [2.45, 2.75) is 25.9 Å². The van der Waals surface area contributed by atoms with Gasteiger partial charge in [0.2, 0.25) is 0 Å². The van der Waals surface area contributed by atoms with Crippen LogP contribution in [0.25, 0.3) is 0 Å². The van der Waals surface area contributed by atoms with Crippen molar-refractivity contribution < 1.29 is 18.7 Å². The first-order valence-electron chi connectivity index (χ1n) is 6.36. The van der Waals surface area contributed by atoms with E-state index in [1.165, 1.54) is 18.5 Å². The zero-order valence-electron chi connectivity index (χ0n) is 11.6. The topological polar surface area (TPSA) is 92.1 Å². The van der Waals surface area contributed by atoms with E-state index in [0.29, 0.717) is 5.82 Å². The molecule has 1 atom stereocenters. The fraction of sp³-hybridized carbons (Fsp3) is 0.308. The largest absolute Gasteiger partial charge is 0.465 e. The summed E-state index contributed by atoms with van der Waals surface area (Å²) in [5.41, 5.74) is -0.195. The monoisotopic (exact) mass is 309 g/mol. The van der Waals surface area contributed by atoms with Gasteiger partial charge in [-0.05, 0) is 25.1 Å². The van der Waals surface area contributed by atoms with E-state index in [9.17, 15) is 18.7 Å². The molecule has 0 aliphatic heterocycles. The van der Waals surface area contributed by atoms with E-state index in [2.05, 4.69) is 20.2 Å². The Balaban J connectivity index is 2.17. The highest BCUT2D eigenvalue weighted by atomic mass is 19.3. The molecule has 0 saturated heterocycles. The Bertz CT molecular complexity index is 624. The fourth-order valence-electron chi connectivity index (χ4n) is 1.78. The van der Waals surface area contributed by atoms with Gasteiger partial charge in [-0.25, -0.2) is 23.5 Å². The summed E-state index contributed by atoms with van der Waals surface area (Å²) in [6.45, 7) is 1.52. The van der Waals surface area contributed by atoms with Gasteiger partial charge in [0.15, 0.2) is 5.82 Å². The van der Waals surface area contributed by atoms with Crippen LogP contribution in [0.1, 0.15) is 36.6 Å². The van der Waals surface area contributed by atoms with Gasteiger partial charge in [0.25, 0.3) is 6.43 Å². The van der Waals surface area contributed by atoms with Crippen LogP contribution in [0, 0.1) is 0 Å². The summed E-state index contributed by atoms with van der Waals surface area (Å²) in [5, 5.41) is 16.3. The summed E-state index contributed by atoms with van der Waals surface area (Å²) < 4.78 is 24.8. The Hall–Kier alpha value is -2.71. The average molecular weight is 309 g/mol. The molecule has 22 heavy (non-hydrogen) atoms. The van der Waals surface area contributed by atoms with Gasteiger partial charge in [-0.1, -0.05) is 0 Å². The maximum Gasteiger partial charge on any atom is 0.408 e. The van der Waals surface area contributed by atoms with Crippen molar-refractivity contribution in [3.63, 3.8) is 0 Å². The van der Waals surface area contributed by atoms with E-state index < -0.39 is 24.3 Å². The molecule has 0 aliphatic rings. The van der Waals surface area contributed by atoms with Gasteiger partial charge in [0.05, 0.1) is 18.3 Å². The number of carbonyl (C=O) groups is 1. The van der Waals surface area contributed by atoms with Gasteiger partial charge in [-0.2, -0.15) is 5.10 Å². The molecular weight excluding hydrogens is 296 g/mol. The van der Waals surface area contributed by atoms with Crippen molar-refractivity contribution in [2.24, 2.45) is 0 Å². The number of alkyl halides is 2. The molecule has 0 bridgehead atoms. The van der Waals surface area contributed by atoms with E-state index in [1.807, 2.05) is 0 Å². The van der Waals surface area contributed by atoms with E-state index in [1.54, 1.807) is 13.0 Å². The van der Waals surface area contributed by atoms with Crippen LogP contribution < -0.4 is 0 Å². The normalized spacial score (nSPS) is 12.2. The van der Waals surface area contributed by atoms with Crippen LogP contribution >= 0.6 is 0 Å². The Morgan fingerprint density at radius 1 is 1.27 bits per heavy atom. The first-order chi connectivity index (χ1) is 10.5. The van der Waals surface area contributed by atoms with Crippen LogP contribution in [0.4, 0.5) is 13.6 Å². The predicted octanol–water partition coefficient (Wildman–Crippen LogP) is 2.45. The smallest absolute Gasteiger partial charge is 0.408 e. The van der Waals surface area contributed by atoms with Gasteiger partial charge in [-0.3, -0.25) is 4.90 Å². The lowest BCUT2D eigenvalue weighted by Crippen LogP contribution is -2.33. The van der Waals surface area contributed by atoms with E-state index in [0.717, 1.165) is 11.0 Å². The summed E-state index contributed by atoms with van der Waals surface area (Å²) in [5.74, 6) is 0.335. The quantitative estimate of drug-likeness (QED) is 0.912. The maximum absolute atomic E-state index is 12.4. The zero-order chi connectivity index (χ0) is 16.1. The van der Waals surface area contributed by atoms with E-state index >= 15 is 0 Å². The lowest BCUT2D eigenvalue weighted by atomic mass is 10.2. The number of nitrogens with zero attached hydrogens (tertiary/aromatic N) is 5. The molecule has 116 valence electrons. The highest BCUT2D eigenvalue weighted by Crippen LogP contribution is 2.19. The highest BCUT2D eigenvalue weighted by molar-refractivity contribution is 5.65. The van der Waals surface area contributed by atoms with Gasteiger partial charge in [-0.15, -0.1) is 5.10 Å². The van der Waals surface area contributed by atoms with Gasteiger partial charge in [0.1, 0.15) is 5.69 Å². The molecule has 0 aliphatic carbocycles. The second-order valence-electron chi connectivity index (χ2n) is 4.44. The van der Waals surface area contributed by atoms with Crippen LogP contribution in [-0.4, -0.2) is 36.3 Å². The minimum Gasteiger partial charge on any atom is -0.465 e. The Morgan fingerprint density at radius 3 is 2.45 bits per heavy atom. The molecule has 9 heteroatoms. The number of amides is 1. The average Bonchev–Trinajstić information content (AvgIpc) is 2.53. The second-order valence-corrected chi connectivity index (χ2v) is 4.44. The number of carboxylic acid groups (broad SMARTS) is 1. The van der Waals surface area contributed by atoms with Crippen LogP contribution in [0.3, 0.4) is 0 Å². The summed E-state index contributed by atoms with van der Waals surface area (Å²) in [4.78, 5) is 20.5. The fourth-order valence-corrected chi connectivity index (χ4v) is 1.78. The third kappa shape index (κ3) is 3.68. The Morgan fingerprint density at radius 2 is 1.95 bits per heavy atom. The molecule has 1 unspecified atom stereocenters. The van der Waals surface area contributed by atoms with Crippen molar-refractivity contribution in [1.82, 2.24) is 25.1 Å². The van der Waals surface area contributed by atoms with Gasteiger partial charge >= 0.3 is 6.09 Å². The minimum absolute atomic E-state index is 0.106. The van der Waals surface area contributed by atoms with Crippen molar-refractivity contribution in [1.29, 1.82) is 0 Å². The summed E-state index contributed by atoms with van der Waals surface area (Å²) in [6, 6.07) is 3.45. The lowest BCUT2D eigenvalue weighted by Gasteiger charge is -2.24. The zero-order valence-corrected chi connectivity index (χ0v) is 11.6. The summed E-state index contributed by atoms with van der Waals surface area (Å²) in [7, 11) is 0. The molecule has 2 rings (SSSR count). The second kappa shape index (κ2) is 6.83. The van der Waals surface area contributed by atoms with Crippen molar-refractivity contribution in [2.75, 3.05) is 0 Å². The maximum atomic E-state index is 12.4. The predicted molar refractivity (Wildman–Crippen MR) is 71.0 cm³/mol. The molecule has 2 heterocycles. The van der Waals surface area contributed by atoms with Crippen LogP contribution in [0.2, 0.25) is 0 Å². The molecule has 0 radical (unpaired) electrons. The SMILES string of the molecule is CC(c1ncccn1)N(Cc1ccc(C(F)F)nn1)C(=O)O. The molecule has 0 fully saturated rings. The van der Waals surface area contributed by atoms with Gasteiger partial charge in [0, 0.05) is 12.4 Å². The lowest BCUT2D eigenvalue weighted by molar-refractivity contribution is 0.120. The molecule has 0 aromatic carbocycles. The molecular formula is C13H13F2N5O2. The number of hydrogen-bond donors (Lipinski definition) is 1. The van der Waals surface area contributed by atoms with Gasteiger partial charge < -0.3 is 5.11 Å². The standard InChI is InChI=1S/C13H13F2N5O2/c1-8(12-16-5-2-6-17-12)20(13(21)22)7-9-3-4-10(11(14)15)19-18-9/h2-6,8,11H,7H2,1H3,(H,21,22). The Labute approximate surface area is 124 Å². The number of aromatic nitrogens is 4. The molecule has 0 spiro atoms. The van der Waals surface area contributed by atoms with E-state index in [4.69, 9.17) is 0 Å². The number of hydrogen-bond acceptors (Lipinski definition) is 5. The molecule has 7 nitrogen and oxygen atoms in total. The van der Waals surface area contributed by atoms with Crippen LogP contribution in [0.5, 0.6) is 0 Å². The van der Waals surface area contributed by atoms with Crippen LogP contribution in [-0.2, 0) is 6.54 Å². The van der Waals surface area contributed by atoms with Crippen molar-refractivity contribution in [3.05, 3.63) is 47.8 Å². The molecule has 2 aromatic heterocycles. The third-order valence-corrected chi connectivity index (χ3v) is 2.97. The first kappa shape index (κ1) is 15.7. The third-order valence-electron chi connectivity index (χ3n) is 2.97. The Kier molecular flexibility index (Phi) is 4.87. The van der Waals surface area contributed by atoms with Crippen molar-refractivity contribution in [3.8, 4) is 0 Å². The van der Waals surface area contributed by atoms with Crippen LogP contribution in [0.15, 0.2) is 30.6 Å². The molecule has 2 aromatic rings. The van der Waals surface area contributed by atoms with E-state index in [-0.39, 0.29) is 12.2 Å². The molecule has 1 amide bonds. The summed E-state index contributed by atoms with van der Waals surface area (Å²) in [6.07, 6.45) is -0.889. The number of halogens is 2. The molecule has 1 N–H and O–H groups in total. The minimum atomic E-state index is -2.71. The first-order valence-corrected chi connectivity index (χ1v) is 6.36. The number of rotatable bonds is 5. The van der Waals surface area contributed by atoms with Crippen molar-refractivity contribution >= 4 is 6.09 Å². The molecule has 0 saturated carbocycles. The highest BCUT2D eigenvalue weighted by Gasteiger charge is 2.24.